The Labute approximate surface area is 129 Å². The number of anilines is 1. The molecule has 114 valence electrons. The van der Waals surface area contributed by atoms with Crippen LogP contribution in [0, 0.1) is 0 Å². The van der Waals surface area contributed by atoms with E-state index in [0.717, 1.165) is 25.3 Å². The van der Waals surface area contributed by atoms with Crippen LogP contribution >= 0.6 is 11.8 Å². The van der Waals surface area contributed by atoms with Gasteiger partial charge in [-0.15, -0.1) is 0 Å². The first kappa shape index (κ1) is 15.7. The van der Waals surface area contributed by atoms with Gasteiger partial charge in [0.15, 0.2) is 0 Å². The molecule has 0 saturated carbocycles. The third-order valence-corrected chi connectivity index (χ3v) is 4.89. The fourth-order valence-corrected chi connectivity index (χ4v) is 3.38. The van der Waals surface area contributed by atoms with Crippen molar-refractivity contribution in [1.82, 2.24) is 10.2 Å². The summed E-state index contributed by atoms with van der Waals surface area (Å²) in [5.74, 6) is 0.704. The Morgan fingerprint density at radius 3 is 2.76 bits per heavy atom. The number of carbonyl (C=O) groups is 2. The first-order valence-corrected chi connectivity index (χ1v) is 8.18. The standard InChI is InChI=1S/C15H21N3O2S/c1-2-13-10-18(7-8-21-13)14(19)9-17-15(20)11-3-5-12(16)6-4-11/h3-6,13H,2,7-10,16H2,1H3,(H,17,20). The molecule has 2 amide bonds. The largest absolute Gasteiger partial charge is 0.399 e. The molecule has 6 heteroatoms. The second-order valence-electron chi connectivity index (χ2n) is 5.05. The van der Waals surface area contributed by atoms with Crippen LogP contribution in [0.1, 0.15) is 23.7 Å². The molecule has 0 aromatic heterocycles. The molecule has 0 aliphatic carbocycles. The maximum absolute atomic E-state index is 12.1. The predicted octanol–water partition coefficient (Wildman–Crippen LogP) is 1.35. The molecule has 0 spiro atoms. The molecule has 1 saturated heterocycles. The quantitative estimate of drug-likeness (QED) is 0.824. The van der Waals surface area contributed by atoms with Crippen molar-refractivity contribution in [1.29, 1.82) is 0 Å². The van der Waals surface area contributed by atoms with E-state index in [0.29, 0.717) is 16.5 Å². The monoisotopic (exact) mass is 307 g/mol. The van der Waals surface area contributed by atoms with Crippen molar-refractivity contribution < 1.29 is 9.59 Å². The van der Waals surface area contributed by atoms with E-state index in [1.54, 1.807) is 24.3 Å². The summed E-state index contributed by atoms with van der Waals surface area (Å²) in [6.45, 7) is 3.72. The molecule has 1 aromatic rings. The molecular formula is C15H21N3O2S. The molecule has 1 aliphatic heterocycles. The van der Waals surface area contributed by atoms with E-state index in [4.69, 9.17) is 5.73 Å². The molecule has 1 fully saturated rings. The Morgan fingerprint density at radius 2 is 2.10 bits per heavy atom. The predicted molar refractivity (Wildman–Crippen MR) is 86.3 cm³/mol. The van der Waals surface area contributed by atoms with Gasteiger partial charge in [0.25, 0.3) is 5.91 Å². The van der Waals surface area contributed by atoms with Crippen molar-refractivity contribution in [3.63, 3.8) is 0 Å². The van der Waals surface area contributed by atoms with Gasteiger partial charge in [-0.25, -0.2) is 0 Å². The average Bonchev–Trinajstić information content (AvgIpc) is 2.53. The Hall–Kier alpha value is -1.69. The van der Waals surface area contributed by atoms with Gasteiger partial charge in [0, 0.05) is 35.3 Å². The zero-order valence-electron chi connectivity index (χ0n) is 12.2. The molecule has 0 bridgehead atoms. The van der Waals surface area contributed by atoms with Crippen LogP contribution in [0.4, 0.5) is 5.69 Å². The second kappa shape index (κ2) is 7.36. The third kappa shape index (κ3) is 4.39. The fraction of sp³-hybridized carbons (Fsp3) is 0.467. The Kier molecular flexibility index (Phi) is 5.50. The smallest absolute Gasteiger partial charge is 0.251 e. The fourth-order valence-electron chi connectivity index (χ4n) is 2.20. The Bertz CT molecular complexity index is 504. The molecule has 1 heterocycles. The SMILES string of the molecule is CCC1CN(C(=O)CNC(=O)c2ccc(N)cc2)CCS1. The summed E-state index contributed by atoms with van der Waals surface area (Å²) < 4.78 is 0. The summed E-state index contributed by atoms with van der Waals surface area (Å²) in [7, 11) is 0. The van der Waals surface area contributed by atoms with Crippen LogP contribution in [0.5, 0.6) is 0 Å². The number of nitrogens with one attached hydrogen (secondary N) is 1. The summed E-state index contributed by atoms with van der Waals surface area (Å²) in [5.41, 5.74) is 6.70. The number of hydrogen-bond acceptors (Lipinski definition) is 4. The highest BCUT2D eigenvalue weighted by Gasteiger charge is 2.23. The molecule has 2 rings (SSSR count). The van der Waals surface area contributed by atoms with Crippen molar-refractivity contribution in [3.05, 3.63) is 29.8 Å². The molecule has 1 atom stereocenters. The average molecular weight is 307 g/mol. The summed E-state index contributed by atoms with van der Waals surface area (Å²) >= 11 is 1.91. The van der Waals surface area contributed by atoms with Crippen LogP contribution in [0.25, 0.3) is 0 Å². The highest BCUT2D eigenvalue weighted by atomic mass is 32.2. The summed E-state index contributed by atoms with van der Waals surface area (Å²) in [6.07, 6.45) is 1.06. The minimum Gasteiger partial charge on any atom is -0.399 e. The van der Waals surface area contributed by atoms with Crippen LogP contribution in [-0.2, 0) is 4.79 Å². The molecule has 5 nitrogen and oxygen atoms in total. The van der Waals surface area contributed by atoms with Crippen LogP contribution in [-0.4, -0.2) is 47.4 Å². The van der Waals surface area contributed by atoms with Gasteiger partial charge in [0.2, 0.25) is 5.91 Å². The third-order valence-electron chi connectivity index (χ3n) is 3.52. The van der Waals surface area contributed by atoms with E-state index < -0.39 is 0 Å². The number of carbonyl (C=O) groups excluding carboxylic acids is 2. The highest BCUT2D eigenvalue weighted by molar-refractivity contribution is 8.00. The second-order valence-corrected chi connectivity index (χ2v) is 6.45. The molecule has 1 aromatic carbocycles. The van der Waals surface area contributed by atoms with E-state index in [1.807, 2.05) is 16.7 Å². The number of amides is 2. The van der Waals surface area contributed by atoms with E-state index in [1.165, 1.54) is 0 Å². The van der Waals surface area contributed by atoms with Gasteiger partial charge in [-0.05, 0) is 30.7 Å². The molecule has 3 N–H and O–H groups in total. The van der Waals surface area contributed by atoms with Gasteiger partial charge >= 0.3 is 0 Å². The first-order valence-electron chi connectivity index (χ1n) is 7.13. The van der Waals surface area contributed by atoms with E-state index in [2.05, 4.69) is 12.2 Å². The lowest BCUT2D eigenvalue weighted by Crippen LogP contribution is -2.46. The molecule has 1 aliphatic rings. The number of rotatable bonds is 4. The minimum absolute atomic E-state index is 0.0162. The van der Waals surface area contributed by atoms with Crippen molar-refractivity contribution in [3.8, 4) is 0 Å². The van der Waals surface area contributed by atoms with E-state index in [9.17, 15) is 9.59 Å². The van der Waals surface area contributed by atoms with Gasteiger partial charge in [0.05, 0.1) is 6.54 Å². The van der Waals surface area contributed by atoms with Gasteiger partial charge in [-0.3, -0.25) is 9.59 Å². The summed E-state index contributed by atoms with van der Waals surface area (Å²) in [5, 5.41) is 3.18. The van der Waals surface area contributed by atoms with Crippen molar-refractivity contribution in [2.45, 2.75) is 18.6 Å². The summed E-state index contributed by atoms with van der Waals surface area (Å²) in [4.78, 5) is 25.9. The van der Waals surface area contributed by atoms with Crippen LogP contribution in [0.2, 0.25) is 0 Å². The number of benzene rings is 1. The van der Waals surface area contributed by atoms with Crippen molar-refractivity contribution in [2.75, 3.05) is 31.1 Å². The van der Waals surface area contributed by atoms with Crippen LogP contribution in [0.3, 0.4) is 0 Å². The van der Waals surface area contributed by atoms with Crippen molar-refractivity contribution in [2.24, 2.45) is 0 Å². The zero-order valence-corrected chi connectivity index (χ0v) is 13.0. The number of thioether (sulfide) groups is 1. The minimum atomic E-state index is -0.248. The number of hydrogen-bond donors (Lipinski definition) is 2. The molecule has 1 unspecified atom stereocenters. The number of nitrogens with two attached hydrogens (primary N) is 1. The summed E-state index contributed by atoms with van der Waals surface area (Å²) in [6, 6.07) is 6.65. The Balaban J connectivity index is 1.83. The van der Waals surface area contributed by atoms with Crippen LogP contribution in [0.15, 0.2) is 24.3 Å². The lowest BCUT2D eigenvalue weighted by Gasteiger charge is -2.32. The lowest BCUT2D eigenvalue weighted by atomic mass is 10.2. The topological polar surface area (TPSA) is 75.4 Å². The Morgan fingerprint density at radius 1 is 1.38 bits per heavy atom. The van der Waals surface area contributed by atoms with Crippen LogP contribution < -0.4 is 11.1 Å². The number of nitrogen functional groups attached to an aromatic ring is 1. The first-order chi connectivity index (χ1) is 10.1. The van der Waals surface area contributed by atoms with Crippen molar-refractivity contribution >= 4 is 29.3 Å². The molecule has 0 radical (unpaired) electrons. The lowest BCUT2D eigenvalue weighted by molar-refractivity contribution is -0.130. The normalized spacial score (nSPS) is 18.3. The van der Waals surface area contributed by atoms with E-state index in [-0.39, 0.29) is 18.4 Å². The van der Waals surface area contributed by atoms with Gasteiger partial charge in [-0.2, -0.15) is 11.8 Å². The molecular weight excluding hydrogens is 286 g/mol. The maximum atomic E-state index is 12.1. The van der Waals surface area contributed by atoms with Gasteiger partial charge in [-0.1, -0.05) is 6.92 Å². The van der Waals surface area contributed by atoms with Gasteiger partial charge < -0.3 is 16.0 Å². The zero-order chi connectivity index (χ0) is 15.2. The highest BCUT2D eigenvalue weighted by Crippen LogP contribution is 2.20. The van der Waals surface area contributed by atoms with E-state index >= 15 is 0 Å². The number of nitrogens with zero attached hydrogens (tertiary/aromatic N) is 1. The van der Waals surface area contributed by atoms with Gasteiger partial charge in [0.1, 0.15) is 0 Å². The maximum Gasteiger partial charge on any atom is 0.251 e. The molecule has 21 heavy (non-hydrogen) atoms.